The van der Waals surface area contributed by atoms with Crippen molar-refractivity contribution in [3.63, 3.8) is 0 Å². The molecule has 0 heterocycles. The van der Waals surface area contributed by atoms with Crippen molar-refractivity contribution in [2.45, 2.75) is 32.4 Å². The topological polar surface area (TPSA) is 35.2 Å². The third-order valence-electron chi connectivity index (χ3n) is 3.45. The Bertz CT molecular complexity index is 617. The second-order valence-electron chi connectivity index (χ2n) is 5.05. The lowest BCUT2D eigenvalue weighted by molar-refractivity contribution is 0.163. The van der Waals surface area contributed by atoms with Gasteiger partial charge in [-0.05, 0) is 42.7 Å². The summed E-state index contributed by atoms with van der Waals surface area (Å²) in [5, 5.41) is 0.606. The van der Waals surface area contributed by atoms with E-state index in [1.807, 2.05) is 19.1 Å². The molecule has 2 aromatic rings. The van der Waals surface area contributed by atoms with Crippen LogP contribution in [0.1, 0.15) is 30.6 Å². The van der Waals surface area contributed by atoms with E-state index in [1.165, 1.54) is 0 Å². The van der Waals surface area contributed by atoms with Crippen LogP contribution in [-0.4, -0.2) is 6.04 Å². The van der Waals surface area contributed by atoms with Crippen molar-refractivity contribution in [1.82, 2.24) is 0 Å². The van der Waals surface area contributed by atoms with Crippen LogP contribution in [0.2, 0.25) is 5.02 Å². The summed E-state index contributed by atoms with van der Waals surface area (Å²) in [6.07, 6.45) is 0.273. The highest BCUT2D eigenvalue weighted by atomic mass is 35.5. The number of rotatable bonds is 5. The Balaban J connectivity index is 2.35. The smallest absolute Gasteiger partial charge is 0.167 e. The van der Waals surface area contributed by atoms with Gasteiger partial charge in [0, 0.05) is 11.1 Å². The Morgan fingerprint density at radius 1 is 1.24 bits per heavy atom. The number of halogens is 2. The van der Waals surface area contributed by atoms with Crippen LogP contribution in [0.15, 0.2) is 42.5 Å². The highest BCUT2D eigenvalue weighted by molar-refractivity contribution is 6.30. The first-order valence-corrected chi connectivity index (χ1v) is 7.33. The van der Waals surface area contributed by atoms with E-state index in [0.717, 1.165) is 5.56 Å². The van der Waals surface area contributed by atoms with Crippen LogP contribution >= 0.6 is 11.6 Å². The van der Waals surface area contributed by atoms with E-state index in [1.54, 1.807) is 37.3 Å². The second-order valence-corrected chi connectivity index (χ2v) is 5.49. The molecule has 2 N–H and O–H groups in total. The molecule has 0 aliphatic heterocycles. The SMILES string of the molecule is CCC(N)C(Oc1cccc(C)c1F)c1cccc(Cl)c1. The number of ether oxygens (including phenoxy) is 1. The molecule has 0 spiro atoms. The van der Waals surface area contributed by atoms with Gasteiger partial charge in [0.25, 0.3) is 0 Å². The van der Waals surface area contributed by atoms with Crippen LogP contribution in [0, 0.1) is 12.7 Å². The molecule has 112 valence electrons. The van der Waals surface area contributed by atoms with Crippen molar-refractivity contribution in [1.29, 1.82) is 0 Å². The lowest BCUT2D eigenvalue weighted by Crippen LogP contribution is -2.31. The molecule has 21 heavy (non-hydrogen) atoms. The molecule has 0 aliphatic carbocycles. The average Bonchev–Trinajstić information content (AvgIpc) is 2.48. The lowest BCUT2D eigenvalue weighted by atomic mass is 10.0. The molecule has 2 aromatic carbocycles. The molecule has 0 aromatic heterocycles. The summed E-state index contributed by atoms with van der Waals surface area (Å²) in [6.45, 7) is 3.68. The summed E-state index contributed by atoms with van der Waals surface area (Å²) in [4.78, 5) is 0. The summed E-state index contributed by atoms with van der Waals surface area (Å²) in [7, 11) is 0. The molecule has 2 nitrogen and oxygen atoms in total. The van der Waals surface area contributed by atoms with Crippen molar-refractivity contribution in [3.05, 3.63) is 64.4 Å². The minimum atomic E-state index is -0.440. The fourth-order valence-electron chi connectivity index (χ4n) is 2.15. The van der Waals surface area contributed by atoms with Gasteiger partial charge in [0.2, 0.25) is 0 Å². The van der Waals surface area contributed by atoms with Crippen molar-refractivity contribution < 1.29 is 9.13 Å². The predicted molar refractivity (Wildman–Crippen MR) is 84.2 cm³/mol. The minimum Gasteiger partial charge on any atom is -0.481 e. The molecule has 0 fully saturated rings. The van der Waals surface area contributed by atoms with Gasteiger partial charge in [-0.1, -0.05) is 42.8 Å². The minimum absolute atomic E-state index is 0.212. The maximum atomic E-state index is 14.1. The molecule has 2 atom stereocenters. The van der Waals surface area contributed by atoms with Gasteiger partial charge in [0.1, 0.15) is 6.10 Å². The first kappa shape index (κ1) is 15.8. The van der Waals surface area contributed by atoms with Crippen molar-refractivity contribution in [3.8, 4) is 5.75 Å². The maximum Gasteiger partial charge on any atom is 0.167 e. The Labute approximate surface area is 129 Å². The molecule has 0 radical (unpaired) electrons. The first-order valence-electron chi connectivity index (χ1n) is 6.95. The standard InChI is InChI=1S/C17H19ClFNO/c1-3-14(20)17(12-7-5-8-13(18)10-12)21-15-9-4-6-11(2)16(15)19/h4-10,14,17H,3,20H2,1-2H3. The van der Waals surface area contributed by atoms with Gasteiger partial charge in [-0.3, -0.25) is 0 Å². The largest absolute Gasteiger partial charge is 0.481 e. The van der Waals surface area contributed by atoms with E-state index in [0.29, 0.717) is 17.0 Å². The van der Waals surface area contributed by atoms with Crippen molar-refractivity contribution in [2.75, 3.05) is 0 Å². The zero-order valence-corrected chi connectivity index (χ0v) is 12.9. The molecule has 2 unspecified atom stereocenters. The molecule has 0 amide bonds. The van der Waals surface area contributed by atoms with Gasteiger partial charge in [-0.25, -0.2) is 4.39 Å². The zero-order chi connectivity index (χ0) is 15.4. The third-order valence-corrected chi connectivity index (χ3v) is 3.68. The number of nitrogens with two attached hydrogens (primary N) is 1. The van der Waals surface area contributed by atoms with Crippen molar-refractivity contribution in [2.24, 2.45) is 5.73 Å². The highest BCUT2D eigenvalue weighted by Gasteiger charge is 2.22. The molecule has 2 rings (SSSR count). The van der Waals surface area contributed by atoms with Crippen LogP contribution in [-0.2, 0) is 0 Å². The van der Waals surface area contributed by atoms with Crippen LogP contribution < -0.4 is 10.5 Å². The van der Waals surface area contributed by atoms with Crippen molar-refractivity contribution >= 4 is 11.6 Å². The number of hydrogen-bond donors (Lipinski definition) is 1. The normalized spacial score (nSPS) is 13.8. The Kier molecular flexibility index (Phi) is 5.21. The molecule has 0 saturated carbocycles. The summed E-state index contributed by atoms with van der Waals surface area (Å²) in [5.74, 6) is -0.142. The molecular weight excluding hydrogens is 289 g/mol. The van der Waals surface area contributed by atoms with E-state index in [9.17, 15) is 4.39 Å². The van der Waals surface area contributed by atoms with Gasteiger partial charge in [0.05, 0.1) is 0 Å². The highest BCUT2D eigenvalue weighted by Crippen LogP contribution is 2.29. The Hall–Kier alpha value is -1.58. The lowest BCUT2D eigenvalue weighted by Gasteiger charge is -2.25. The van der Waals surface area contributed by atoms with Gasteiger partial charge >= 0.3 is 0 Å². The molecule has 0 bridgehead atoms. The zero-order valence-electron chi connectivity index (χ0n) is 12.1. The molecule has 0 aliphatic rings. The number of aryl methyl sites for hydroxylation is 1. The van der Waals surface area contributed by atoms with Crippen LogP contribution in [0.25, 0.3) is 0 Å². The molecular formula is C17H19ClFNO. The summed E-state index contributed by atoms with van der Waals surface area (Å²) in [6, 6.07) is 12.1. The van der Waals surface area contributed by atoms with Crippen LogP contribution in [0.5, 0.6) is 5.75 Å². The van der Waals surface area contributed by atoms with Gasteiger partial charge in [0.15, 0.2) is 11.6 Å². The van der Waals surface area contributed by atoms with E-state index >= 15 is 0 Å². The quantitative estimate of drug-likeness (QED) is 0.873. The summed E-state index contributed by atoms with van der Waals surface area (Å²) in [5.41, 5.74) is 7.53. The summed E-state index contributed by atoms with van der Waals surface area (Å²) >= 11 is 6.03. The Morgan fingerprint density at radius 2 is 1.95 bits per heavy atom. The fourth-order valence-corrected chi connectivity index (χ4v) is 2.35. The summed E-state index contributed by atoms with van der Waals surface area (Å²) < 4.78 is 20.0. The van der Waals surface area contributed by atoms with Gasteiger partial charge < -0.3 is 10.5 Å². The van der Waals surface area contributed by atoms with Crippen LogP contribution in [0.4, 0.5) is 4.39 Å². The maximum absolute atomic E-state index is 14.1. The average molecular weight is 308 g/mol. The monoisotopic (exact) mass is 307 g/mol. The Morgan fingerprint density at radius 3 is 2.62 bits per heavy atom. The van der Waals surface area contributed by atoms with Gasteiger partial charge in [-0.2, -0.15) is 0 Å². The van der Waals surface area contributed by atoms with E-state index in [4.69, 9.17) is 22.1 Å². The molecule has 0 saturated heterocycles. The van der Waals surface area contributed by atoms with Crippen LogP contribution in [0.3, 0.4) is 0 Å². The fraction of sp³-hybridized carbons (Fsp3) is 0.294. The van der Waals surface area contributed by atoms with E-state index in [-0.39, 0.29) is 17.6 Å². The first-order chi connectivity index (χ1) is 10.0. The third kappa shape index (κ3) is 3.74. The number of benzene rings is 2. The molecule has 4 heteroatoms. The number of hydrogen-bond acceptors (Lipinski definition) is 2. The van der Waals surface area contributed by atoms with Gasteiger partial charge in [-0.15, -0.1) is 0 Å². The second kappa shape index (κ2) is 6.92. The van der Waals surface area contributed by atoms with E-state index < -0.39 is 6.10 Å². The van der Waals surface area contributed by atoms with E-state index in [2.05, 4.69) is 0 Å². The predicted octanol–water partition coefficient (Wildman–Crippen LogP) is 4.64.